The van der Waals surface area contributed by atoms with E-state index in [-0.39, 0.29) is 17.4 Å². The molecule has 2 aromatic carbocycles. The molecule has 172 valence electrons. The molecule has 0 saturated heterocycles. The van der Waals surface area contributed by atoms with Crippen LogP contribution in [0.1, 0.15) is 51.7 Å². The van der Waals surface area contributed by atoms with Gasteiger partial charge in [0.05, 0.1) is 5.54 Å². The number of nitrogens with zero attached hydrogens (tertiary/aromatic N) is 2. The van der Waals surface area contributed by atoms with E-state index in [1.807, 2.05) is 0 Å². The molecule has 4 rings (SSSR count). The summed E-state index contributed by atoms with van der Waals surface area (Å²) in [5.41, 5.74) is -1.65. The highest BCUT2D eigenvalue weighted by Crippen LogP contribution is 2.46. The quantitative estimate of drug-likeness (QED) is 0.475. The molecule has 1 heterocycles. The van der Waals surface area contributed by atoms with Crippen LogP contribution in [0.5, 0.6) is 11.6 Å². The number of halogens is 4. The van der Waals surface area contributed by atoms with E-state index >= 15 is 0 Å². The van der Waals surface area contributed by atoms with Crippen molar-refractivity contribution in [1.29, 1.82) is 0 Å². The van der Waals surface area contributed by atoms with Gasteiger partial charge in [0.25, 0.3) is 5.91 Å². The Bertz CT molecular complexity index is 1210. The molecule has 0 radical (unpaired) electrons. The van der Waals surface area contributed by atoms with Crippen molar-refractivity contribution in [3.63, 3.8) is 0 Å². The smallest absolute Gasteiger partial charge is 0.436 e. The average Bonchev–Trinajstić information content (AvgIpc) is 3.45. The second-order valence-corrected chi connectivity index (χ2v) is 8.31. The van der Waals surface area contributed by atoms with Crippen molar-refractivity contribution in [2.24, 2.45) is 7.05 Å². The molecule has 3 aromatic rings. The number of alkyl halides is 3. The number of hydrogen-bond acceptors (Lipinski definition) is 4. The fourth-order valence-corrected chi connectivity index (χ4v) is 3.68. The van der Waals surface area contributed by atoms with Crippen LogP contribution in [0.2, 0.25) is 5.02 Å². The first-order chi connectivity index (χ1) is 15.5. The van der Waals surface area contributed by atoms with Crippen LogP contribution < -0.4 is 10.1 Å². The molecule has 10 heteroatoms. The van der Waals surface area contributed by atoms with Crippen molar-refractivity contribution in [3.05, 3.63) is 75.9 Å². The fraction of sp³-hybridized carbons (Fsp3) is 0.261. The van der Waals surface area contributed by atoms with Crippen molar-refractivity contribution in [1.82, 2.24) is 15.1 Å². The molecule has 6 nitrogen and oxygen atoms in total. The number of benzene rings is 2. The zero-order valence-corrected chi connectivity index (χ0v) is 18.4. The van der Waals surface area contributed by atoms with Gasteiger partial charge in [-0.1, -0.05) is 35.9 Å². The van der Waals surface area contributed by atoms with Crippen LogP contribution in [0.15, 0.2) is 48.5 Å². The van der Waals surface area contributed by atoms with E-state index in [0.29, 0.717) is 29.0 Å². The number of amides is 1. The van der Waals surface area contributed by atoms with Gasteiger partial charge in [-0.2, -0.15) is 18.3 Å². The van der Waals surface area contributed by atoms with Crippen LogP contribution in [0.25, 0.3) is 0 Å². The van der Waals surface area contributed by atoms with Crippen LogP contribution >= 0.6 is 11.6 Å². The molecular weight excluding hydrogens is 459 g/mol. The van der Waals surface area contributed by atoms with Gasteiger partial charge in [-0.15, -0.1) is 0 Å². The van der Waals surface area contributed by atoms with Gasteiger partial charge in [-0.05, 0) is 49.6 Å². The Hall–Kier alpha value is -3.33. The Labute approximate surface area is 192 Å². The Morgan fingerprint density at radius 1 is 1.09 bits per heavy atom. The van der Waals surface area contributed by atoms with Crippen molar-refractivity contribution in [3.8, 4) is 11.6 Å². The largest absolute Gasteiger partial charge is 0.438 e. The van der Waals surface area contributed by atoms with Crippen molar-refractivity contribution in [2.45, 2.75) is 31.5 Å². The lowest BCUT2D eigenvalue weighted by Gasteiger charge is -2.19. The maximum atomic E-state index is 13.7. The molecule has 1 amide bonds. The summed E-state index contributed by atoms with van der Waals surface area (Å²) in [5, 5.41) is 6.67. The van der Waals surface area contributed by atoms with E-state index in [0.717, 1.165) is 4.68 Å². The minimum Gasteiger partial charge on any atom is -0.438 e. The Kier molecular flexibility index (Phi) is 5.69. The number of ether oxygens (including phenoxy) is 1. The molecule has 0 unspecified atom stereocenters. The summed E-state index contributed by atoms with van der Waals surface area (Å²) in [6.45, 7) is 1.44. The molecule has 1 saturated carbocycles. The Morgan fingerprint density at radius 3 is 2.21 bits per heavy atom. The topological polar surface area (TPSA) is 73.2 Å². The van der Waals surface area contributed by atoms with E-state index in [4.69, 9.17) is 16.3 Å². The number of hydrogen-bond donors (Lipinski definition) is 1. The number of nitrogens with one attached hydrogen (secondary N) is 1. The lowest BCUT2D eigenvalue weighted by atomic mass is 10.0. The molecule has 33 heavy (non-hydrogen) atoms. The van der Waals surface area contributed by atoms with Gasteiger partial charge in [0.15, 0.2) is 11.5 Å². The average molecular weight is 478 g/mol. The molecule has 0 atom stereocenters. The molecule has 1 fully saturated rings. The molecule has 1 aromatic heterocycles. The number of aryl methyl sites for hydroxylation is 1. The minimum atomic E-state index is -4.87. The van der Waals surface area contributed by atoms with Gasteiger partial charge in [-0.3, -0.25) is 9.59 Å². The van der Waals surface area contributed by atoms with Gasteiger partial charge in [-0.25, -0.2) is 4.68 Å². The third kappa shape index (κ3) is 4.59. The van der Waals surface area contributed by atoms with E-state index in [2.05, 4.69) is 10.4 Å². The SMILES string of the molecule is CC(=O)c1ccc(C2(NC(=O)c3c(C(F)(F)F)nn(C)c3Oc3ccc(Cl)cc3)CC2)cc1. The maximum absolute atomic E-state index is 13.7. The number of carbonyl (C=O) groups excluding carboxylic acids is 2. The summed E-state index contributed by atoms with van der Waals surface area (Å²) in [6.07, 6.45) is -3.77. The molecule has 0 aliphatic heterocycles. The van der Waals surface area contributed by atoms with Crippen LogP contribution in [-0.4, -0.2) is 21.5 Å². The standard InChI is InChI=1S/C23H19ClF3N3O3/c1-13(31)14-3-5-15(6-4-14)22(11-12-22)28-20(32)18-19(23(25,26)27)29-30(2)21(18)33-17-9-7-16(24)8-10-17/h3-10H,11-12H2,1-2H3,(H,28,32). The number of aromatic nitrogens is 2. The van der Waals surface area contributed by atoms with Crippen molar-refractivity contribution < 1.29 is 27.5 Å². The van der Waals surface area contributed by atoms with Crippen molar-refractivity contribution in [2.75, 3.05) is 0 Å². The summed E-state index contributed by atoms with van der Waals surface area (Å²) >= 11 is 5.85. The fourth-order valence-electron chi connectivity index (χ4n) is 3.56. The van der Waals surface area contributed by atoms with Gasteiger partial charge < -0.3 is 10.1 Å². The van der Waals surface area contributed by atoms with Crippen molar-refractivity contribution >= 4 is 23.3 Å². The first-order valence-electron chi connectivity index (χ1n) is 10.0. The first-order valence-corrected chi connectivity index (χ1v) is 10.4. The highest BCUT2D eigenvalue weighted by molar-refractivity contribution is 6.30. The summed E-state index contributed by atoms with van der Waals surface area (Å²) in [7, 11) is 1.27. The Balaban J connectivity index is 1.68. The highest BCUT2D eigenvalue weighted by atomic mass is 35.5. The Morgan fingerprint density at radius 2 is 1.70 bits per heavy atom. The number of ketones is 1. The molecule has 1 N–H and O–H groups in total. The van der Waals surface area contributed by atoms with Crippen LogP contribution in [0.4, 0.5) is 13.2 Å². The third-order valence-corrected chi connectivity index (χ3v) is 5.72. The zero-order chi connectivity index (χ0) is 24.0. The monoisotopic (exact) mass is 477 g/mol. The molecule has 0 bridgehead atoms. The lowest BCUT2D eigenvalue weighted by molar-refractivity contribution is -0.141. The van der Waals surface area contributed by atoms with E-state index in [1.165, 1.54) is 38.2 Å². The van der Waals surface area contributed by atoms with Gasteiger partial charge >= 0.3 is 6.18 Å². The first kappa shape index (κ1) is 22.8. The van der Waals surface area contributed by atoms with E-state index in [1.54, 1.807) is 24.3 Å². The normalized spacial score (nSPS) is 14.6. The summed E-state index contributed by atoms with van der Waals surface area (Å²) in [6, 6.07) is 12.6. The number of carbonyl (C=O) groups is 2. The summed E-state index contributed by atoms with van der Waals surface area (Å²) in [5.74, 6) is -1.20. The molecule has 1 aliphatic rings. The van der Waals surface area contributed by atoms with Crippen LogP contribution in [0, 0.1) is 0 Å². The number of Topliss-reactive ketones (excluding diaryl/α,β-unsaturated/α-hetero) is 1. The molecular formula is C23H19ClF3N3O3. The van der Waals surface area contributed by atoms with E-state index < -0.39 is 28.9 Å². The van der Waals surface area contributed by atoms with Crippen LogP contribution in [0.3, 0.4) is 0 Å². The predicted molar refractivity (Wildman–Crippen MR) is 115 cm³/mol. The van der Waals surface area contributed by atoms with E-state index in [9.17, 15) is 22.8 Å². The third-order valence-electron chi connectivity index (χ3n) is 5.47. The highest BCUT2D eigenvalue weighted by Gasteiger charge is 2.48. The van der Waals surface area contributed by atoms with Gasteiger partial charge in [0, 0.05) is 17.6 Å². The van der Waals surface area contributed by atoms with Gasteiger partial charge in [0.1, 0.15) is 11.3 Å². The number of rotatable bonds is 6. The second kappa shape index (κ2) is 8.22. The van der Waals surface area contributed by atoms with Crippen LogP contribution in [-0.2, 0) is 18.8 Å². The molecule has 0 spiro atoms. The second-order valence-electron chi connectivity index (χ2n) is 7.88. The molecule has 1 aliphatic carbocycles. The summed E-state index contributed by atoms with van der Waals surface area (Å²) < 4.78 is 47.7. The zero-order valence-electron chi connectivity index (χ0n) is 17.7. The lowest BCUT2D eigenvalue weighted by Crippen LogP contribution is -2.36. The maximum Gasteiger partial charge on any atom is 0.436 e. The predicted octanol–water partition coefficient (Wildman–Crippen LogP) is 5.51. The minimum absolute atomic E-state index is 0.107. The van der Waals surface area contributed by atoms with Gasteiger partial charge in [0.2, 0.25) is 5.88 Å². The summed E-state index contributed by atoms with van der Waals surface area (Å²) in [4.78, 5) is 24.7.